The zero-order chi connectivity index (χ0) is 11.3. The monoisotopic (exact) mass is 212 g/mol. The lowest BCUT2D eigenvalue weighted by atomic mass is 10.2. The van der Waals surface area contributed by atoms with Crippen LogP contribution in [0.15, 0.2) is 24.3 Å². The molecule has 0 amide bonds. The first kappa shape index (κ1) is 11.5. The molecule has 1 aromatic carbocycles. The Morgan fingerprint density at radius 2 is 2.33 bits per heavy atom. The SMILES string of the molecule is CCC(CC(=O)O)Oc1cccc(F)c1. The Balaban J connectivity index is 2.62. The fourth-order valence-corrected chi connectivity index (χ4v) is 1.20. The van der Waals surface area contributed by atoms with Gasteiger partial charge in [0.15, 0.2) is 0 Å². The molecule has 1 atom stereocenters. The van der Waals surface area contributed by atoms with E-state index in [2.05, 4.69) is 0 Å². The Kier molecular flexibility index (Phi) is 4.09. The van der Waals surface area contributed by atoms with E-state index in [0.29, 0.717) is 12.2 Å². The molecule has 0 aromatic heterocycles. The molecule has 0 saturated heterocycles. The van der Waals surface area contributed by atoms with Gasteiger partial charge in [-0.3, -0.25) is 4.79 Å². The number of hydrogen-bond acceptors (Lipinski definition) is 2. The van der Waals surface area contributed by atoms with E-state index in [1.807, 2.05) is 6.92 Å². The van der Waals surface area contributed by atoms with Crippen LogP contribution in [0.2, 0.25) is 0 Å². The van der Waals surface area contributed by atoms with Gasteiger partial charge in [0.1, 0.15) is 17.7 Å². The third-order valence-corrected chi connectivity index (χ3v) is 1.96. The molecule has 1 unspecified atom stereocenters. The summed E-state index contributed by atoms with van der Waals surface area (Å²) in [6.45, 7) is 1.83. The van der Waals surface area contributed by atoms with Gasteiger partial charge in [-0.25, -0.2) is 4.39 Å². The molecule has 1 rings (SSSR count). The molecule has 0 spiro atoms. The molecule has 4 heteroatoms. The molecule has 1 N–H and O–H groups in total. The van der Waals surface area contributed by atoms with Crippen molar-refractivity contribution in [3.05, 3.63) is 30.1 Å². The normalized spacial score (nSPS) is 12.1. The zero-order valence-corrected chi connectivity index (χ0v) is 8.44. The van der Waals surface area contributed by atoms with Crippen LogP contribution in [0.25, 0.3) is 0 Å². The highest BCUT2D eigenvalue weighted by Gasteiger charge is 2.12. The largest absolute Gasteiger partial charge is 0.490 e. The quantitative estimate of drug-likeness (QED) is 0.815. The van der Waals surface area contributed by atoms with E-state index in [4.69, 9.17) is 9.84 Å². The van der Waals surface area contributed by atoms with Gasteiger partial charge in [-0.15, -0.1) is 0 Å². The average molecular weight is 212 g/mol. The number of hydrogen-bond donors (Lipinski definition) is 1. The zero-order valence-electron chi connectivity index (χ0n) is 8.44. The van der Waals surface area contributed by atoms with Gasteiger partial charge in [-0.2, -0.15) is 0 Å². The van der Waals surface area contributed by atoms with Crippen LogP contribution in [0.4, 0.5) is 4.39 Å². The van der Waals surface area contributed by atoms with E-state index in [0.717, 1.165) is 0 Å². The van der Waals surface area contributed by atoms with Gasteiger partial charge in [0, 0.05) is 6.07 Å². The highest BCUT2D eigenvalue weighted by molar-refractivity contribution is 5.67. The molecule has 0 aliphatic rings. The molecule has 1 aromatic rings. The summed E-state index contributed by atoms with van der Waals surface area (Å²) in [5, 5.41) is 8.59. The molecule has 0 aliphatic carbocycles. The van der Waals surface area contributed by atoms with E-state index in [9.17, 15) is 9.18 Å². The topological polar surface area (TPSA) is 46.5 Å². The van der Waals surface area contributed by atoms with Gasteiger partial charge >= 0.3 is 5.97 Å². The van der Waals surface area contributed by atoms with Crippen LogP contribution in [0.3, 0.4) is 0 Å². The summed E-state index contributed by atoms with van der Waals surface area (Å²) in [4.78, 5) is 10.5. The molecule has 0 aliphatic heterocycles. The predicted octanol–water partition coefficient (Wildman–Crippen LogP) is 2.46. The van der Waals surface area contributed by atoms with Crippen LogP contribution in [-0.2, 0) is 4.79 Å². The van der Waals surface area contributed by atoms with Gasteiger partial charge in [-0.05, 0) is 18.6 Å². The molecule has 15 heavy (non-hydrogen) atoms. The number of benzene rings is 1. The van der Waals surface area contributed by atoms with Crippen molar-refractivity contribution in [1.29, 1.82) is 0 Å². The van der Waals surface area contributed by atoms with Crippen molar-refractivity contribution in [2.24, 2.45) is 0 Å². The van der Waals surface area contributed by atoms with Crippen LogP contribution >= 0.6 is 0 Å². The minimum absolute atomic E-state index is 0.0764. The van der Waals surface area contributed by atoms with Crippen molar-refractivity contribution < 1.29 is 19.0 Å². The van der Waals surface area contributed by atoms with E-state index < -0.39 is 17.9 Å². The first-order valence-electron chi connectivity index (χ1n) is 4.76. The number of halogens is 1. The summed E-state index contributed by atoms with van der Waals surface area (Å²) in [5.74, 6) is -0.945. The second-order valence-corrected chi connectivity index (χ2v) is 3.20. The van der Waals surface area contributed by atoms with Crippen LogP contribution in [0.1, 0.15) is 19.8 Å². The number of aliphatic carboxylic acids is 1. The fraction of sp³-hybridized carbons (Fsp3) is 0.364. The summed E-state index contributed by atoms with van der Waals surface area (Å²) >= 11 is 0. The molecule has 82 valence electrons. The smallest absolute Gasteiger partial charge is 0.307 e. The van der Waals surface area contributed by atoms with E-state index in [1.54, 1.807) is 6.07 Å². The lowest BCUT2D eigenvalue weighted by Gasteiger charge is -2.15. The third kappa shape index (κ3) is 3.97. The molecule has 3 nitrogen and oxygen atoms in total. The summed E-state index contributed by atoms with van der Waals surface area (Å²) in [6.07, 6.45) is 0.0832. The van der Waals surface area contributed by atoms with Crippen LogP contribution in [0.5, 0.6) is 5.75 Å². The Morgan fingerprint density at radius 3 is 2.87 bits per heavy atom. The maximum atomic E-state index is 12.8. The van der Waals surface area contributed by atoms with Gasteiger partial charge in [-0.1, -0.05) is 13.0 Å². The Morgan fingerprint density at radius 1 is 1.60 bits per heavy atom. The number of carboxylic acids is 1. The van der Waals surface area contributed by atoms with Crippen LogP contribution in [-0.4, -0.2) is 17.2 Å². The first-order chi connectivity index (χ1) is 7.11. The molecule has 0 radical (unpaired) electrons. The molecule has 0 saturated carbocycles. The second-order valence-electron chi connectivity index (χ2n) is 3.20. The first-order valence-corrected chi connectivity index (χ1v) is 4.76. The lowest BCUT2D eigenvalue weighted by molar-refractivity contribution is -0.138. The van der Waals surface area contributed by atoms with Crippen molar-refractivity contribution in [3.63, 3.8) is 0 Å². The average Bonchev–Trinajstić information content (AvgIpc) is 2.16. The molecular formula is C11H13FO3. The molecule has 0 fully saturated rings. The highest BCUT2D eigenvalue weighted by atomic mass is 19.1. The van der Waals surface area contributed by atoms with E-state index in [-0.39, 0.29) is 6.42 Å². The summed E-state index contributed by atoms with van der Waals surface area (Å²) < 4.78 is 18.1. The van der Waals surface area contributed by atoms with Gasteiger partial charge in [0.05, 0.1) is 6.42 Å². The maximum Gasteiger partial charge on any atom is 0.307 e. The summed E-state index contributed by atoms with van der Waals surface area (Å²) in [5.41, 5.74) is 0. The fourth-order valence-electron chi connectivity index (χ4n) is 1.20. The van der Waals surface area contributed by atoms with Crippen molar-refractivity contribution in [2.75, 3.05) is 0 Å². The predicted molar refractivity (Wildman–Crippen MR) is 53.4 cm³/mol. The number of ether oxygens (including phenoxy) is 1. The van der Waals surface area contributed by atoms with Gasteiger partial charge in [0.25, 0.3) is 0 Å². The van der Waals surface area contributed by atoms with Crippen molar-refractivity contribution >= 4 is 5.97 Å². The number of carboxylic acid groups (broad SMARTS) is 1. The Bertz CT molecular complexity index is 338. The minimum atomic E-state index is -0.918. The summed E-state index contributed by atoms with van der Waals surface area (Å²) in [7, 11) is 0. The Labute approximate surface area is 87.5 Å². The second kappa shape index (κ2) is 5.34. The highest BCUT2D eigenvalue weighted by Crippen LogP contribution is 2.16. The Hall–Kier alpha value is -1.58. The van der Waals surface area contributed by atoms with Crippen molar-refractivity contribution in [1.82, 2.24) is 0 Å². The third-order valence-electron chi connectivity index (χ3n) is 1.96. The van der Waals surface area contributed by atoms with Crippen LogP contribution < -0.4 is 4.74 Å². The molecule has 0 heterocycles. The standard InChI is InChI=1S/C11H13FO3/c1-2-9(7-11(13)14)15-10-5-3-4-8(12)6-10/h3-6,9H,2,7H2,1H3,(H,13,14). The molecular weight excluding hydrogens is 199 g/mol. The van der Waals surface area contributed by atoms with E-state index >= 15 is 0 Å². The lowest BCUT2D eigenvalue weighted by Crippen LogP contribution is -2.19. The van der Waals surface area contributed by atoms with E-state index in [1.165, 1.54) is 18.2 Å². The number of carbonyl (C=O) groups is 1. The van der Waals surface area contributed by atoms with Crippen molar-refractivity contribution in [3.8, 4) is 5.75 Å². The summed E-state index contributed by atoms with van der Waals surface area (Å²) in [6, 6.07) is 5.68. The van der Waals surface area contributed by atoms with Crippen molar-refractivity contribution in [2.45, 2.75) is 25.9 Å². The van der Waals surface area contributed by atoms with Gasteiger partial charge < -0.3 is 9.84 Å². The number of rotatable bonds is 5. The van der Waals surface area contributed by atoms with Gasteiger partial charge in [0.2, 0.25) is 0 Å². The van der Waals surface area contributed by atoms with Crippen LogP contribution in [0, 0.1) is 5.82 Å². The molecule has 0 bridgehead atoms. The maximum absolute atomic E-state index is 12.8. The minimum Gasteiger partial charge on any atom is -0.490 e.